The third-order valence-corrected chi connectivity index (χ3v) is 7.00. The molecule has 13 heteroatoms. The molecule has 0 aliphatic rings. The van der Waals surface area contributed by atoms with Gasteiger partial charge >= 0.3 is 0 Å². The van der Waals surface area contributed by atoms with Gasteiger partial charge < -0.3 is 41.2 Å². The molecule has 0 aliphatic carbocycles. The van der Waals surface area contributed by atoms with Gasteiger partial charge in [-0.3, -0.25) is 14.6 Å². The number of aliphatic imine (C=N–C) groups is 2. The minimum atomic E-state index is -0.331. The van der Waals surface area contributed by atoms with Crippen LogP contribution in [0.3, 0.4) is 0 Å². The summed E-state index contributed by atoms with van der Waals surface area (Å²) in [7, 11) is 0. The second-order valence-corrected chi connectivity index (χ2v) is 11.0. The van der Waals surface area contributed by atoms with Crippen LogP contribution in [0, 0.1) is 5.82 Å². The van der Waals surface area contributed by atoms with Gasteiger partial charge in [-0.05, 0) is 85.3 Å². The molecule has 6 N–H and O–H groups in total. The van der Waals surface area contributed by atoms with E-state index in [-0.39, 0.29) is 29.9 Å². The fraction of sp³-hybridized carbons (Fsp3) is 0.211. The highest BCUT2D eigenvalue weighted by atomic mass is 19.1. The molecule has 0 saturated carbocycles. The summed E-state index contributed by atoms with van der Waals surface area (Å²) in [6, 6.07) is 28.3. The molecule has 12 nitrogen and oxygen atoms in total. The lowest BCUT2D eigenvalue weighted by molar-refractivity contribution is 0.0512. The van der Waals surface area contributed by atoms with Crippen LogP contribution in [0.25, 0.3) is 0 Å². The normalized spacial score (nSPS) is 11.4. The largest absolute Gasteiger partial charge is 0.508 e. The Balaban J connectivity index is 1.21. The van der Waals surface area contributed by atoms with E-state index in [1.165, 1.54) is 12.1 Å². The average Bonchev–Trinajstić information content (AvgIpc) is 3.13. The number of benzene rings is 4. The number of hydrogen-bond donors (Lipinski definition) is 6. The molecule has 0 radical (unpaired) electrons. The Morgan fingerprint density at radius 1 is 0.745 bits per heavy atom. The molecule has 0 saturated heterocycles. The molecule has 4 rings (SSSR count). The van der Waals surface area contributed by atoms with Crippen LogP contribution in [0.2, 0.25) is 0 Å². The topological polar surface area (TPSA) is 158 Å². The van der Waals surface area contributed by atoms with Gasteiger partial charge in [0.25, 0.3) is 11.8 Å². The second-order valence-electron chi connectivity index (χ2n) is 11.0. The van der Waals surface area contributed by atoms with E-state index in [2.05, 4.69) is 43.1 Å². The van der Waals surface area contributed by atoms with Crippen LogP contribution < -0.4 is 26.6 Å². The van der Waals surface area contributed by atoms with Crippen LogP contribution in [0.5, 0.6) is 5.75 Å². The second kappa shape index (κ2) is 20.5. The zero-order valence-electron chi connectivity index (χ0n) is 28.3. The number of carbonyl (C=O) groups excluding carboxylic acids is 2. The number of guanidine groups is 1. The molecule has 4 aromatic carbocycles. The number of nitrogens with one attached hydrogen (secondary N) is 5. The van der Waals surface area contributed by atoms with E-state index < -0.39 is 0 Å². The summed E-state index contributed by atoms with van der Waals surface area (Å²) < 4.78 is 24.2. The number of hydrogen-bond acceptors (Lipinski definition) is 7. The summed E-state index contributed by atoms with van der Waals surface area (Å²) in [4.78, 5) is 33.6. The molecule has 51 heavy (non-hydrogen) atoms. The number of phenols is 1. The number of anilines is 2. The number of carbonyl (C=O) groups is 2. The molecular weight excluding hydrogens is 653 g/mol. The van der Waals surface area contributed by atoms with Crippen LogP contribution >= 0.6 is 0 Å². The maximum absolute atomic E-state index is 13.1. The Labute approximate surface area is 296 Å². The van der Waals surface area contributed by atoms with Gasteiger partial charge in [-0.15, -0.1) is 0 Å². The van der Waals surface area contributed by atoms with Crippen molar-refractivity contribution in [2.24, 2.45) is 9.98 Å². The molecule has 0 spiro atoms. The van der Waals surface area contributed by atoms with E-state index in [1.807, 2.05) is 18.2 Å². The van der Waals surface area contributed by atoms with Crippen molar-refractivity contribution >= 4 is 35.0 Å². The van der Waals surface area contributed by atoms with Crippen molar-refractivity contribution in [2.45, 2.75) is 13.5 Å². The van der Waals surface area contributed by atoms with Crippen molar-refractivity contribution in [3.63, 3.8) is 0 Å². The Kier molecular flexibility index (Phi) is 15.1. The fourth-order valence-electron chi connectivity index (χ4n) is 4.43. The molecule has 266 valence electrons. The molecule has 0 fully saturated rings. The van der Waals surface area contributed by atoms with Crippen molar-refractivity contribution in [1.29, 1.82) is 0 Å². The van der Waals surface area contributed by atoms with Crippen LogP contribution in [-0.4, -0.2) is 68.2 Å². The summed E-state index contributed by atoms with van der Waals surface area (Å²) in [6.45, 7) is 8.35. The molecular formula is C38H42FN7O5. The van der Waals surface area contributed by atoms with Crippen LogP contribution in [0.15, 0.2) is 126 Å². The van der Waals surface area contributed by atoms with Crippen molar-refractivity contribution < 1.29 is 28.6 Å². The van der Waals surface area contributed by atoms with Crippen molar-refractivity contribution in [2.75, 3.05) is 50.2 Å². The van der Waals surface area contributed by atoms with Gasteiger partial charge in [-0.2, -0.15) is 0 Å². The van der Waals surface area contributed by atoms with Crippen molar-refractivity contribution in [1.82, 2.24) is 16.0 Å². The summed E-state index contributed by atoms with van der Waals surface area (Å²) in [5.74, 6) is 0.588. The van der Waals surface area contributed by atoms with Gasteiger partial charge in [-0.25, -0.2) is 9.38 Å². The van der Waals surface area contributed by atoms with Gasteiger partial charge in [0.15, 0.2) is 0 Å². The molecule has 0 atom stereocenters. The molecule has 0 heterocycles. The predicted molar refractivity (Wildman–Crippen MR) is 197 cm³/mol. The Bertz CT molecular complexity index is 1770. The lowest BCUT2D eigenvalue weighted by Gasteiger charge is -2.16. The third-order valence-electron chi connectivity index (χ3n) is 7.00. The number of amidine groups is 1. The number of rotatable bonds is 17. The Morgan fingerprint density at radius 3 is 2.06 bits per heavy atom. The summed E-state index contributed by atoms with van der Waals surface area (Å²) in [5, 5.41) is 24.7. The number of amides is 2. The first-order valence-corrected chi connectivity index (χ1v) is 16.3. The maximum atomic E-state index is 13.1. The molecule has 4 aromatic rings. The van der Waals surface area contributed by atoms with Crippen LogP contribution in [-0.2, 0) is 16.0 Å². The minimum Gasteiger partial charge on any atom is -0.508 e. The molecule has 0 aliphatic heterocycles. The van der Waals surface area contributed by atoms with Crippen molar-refractivity contribution in [3.05, 3.63) is 138 Å². The first kappa shape index (κ1) is 37.8. The number of halogens is 1. The minimum absolute atomic E-state index is 0.128. The Hall–Kier alpha value is -6.05. The predicted octanol–water partition coefficient (Wildman–Crippen LogP) is 5.28. The van der Waals surface area contributed by atoms with Crippen LogP contribution in [0.1, 0.15) is 33.2 Å². The number of aromatic hydroxyl groups is 1. The number of phenolic OH excluding ortho intramolecular Hbond substituents is 1. The van der Waals surface area contributed by atoms with Gasteiger partial charge in [-0.1, -0.05) is 36.9 Å². The SMILES string of the molecule is C=C(NC(=NC(C)=NCCOCCOCCNC(=O)c1ccccc1)Nc1ccc(O)cc1)Nc1ccc(C(=O)NCc2ccc(F)cc2)cc1. The maximum Gasteiger partial charge on any atom is 0.251 e. The van der Waals surface area contributed by atoms with E-state index in [4.69, 9.17) is 9.47 Å². The quantitative estimate of drug-likeness (QED) is 0.0377. The monoisotopic (exact) mass is 695 g/mol. The van der Waals surface area contributed by atoms with E-state index in [9.17, 15) is 19.1 Å². The smallest absolute Gasteiger partial charge is 0.251 e. The third kappa shape index (κ3) is 14.1. The van der Waals surface area contributed by atoms with Gasteiger partial charge in [0.1, 0.15) is 23.2 Å². The summed E-state index contributed by atoms with van der Waals surface area (Å²) >= 11 is 0. The first-order valence-electron chi connectivity index (χ1n) is 16.3. The summed E-state index contributed by atoms with van der Waals surface area (Å²) in [6.07, 6.45) is 0. The highest BCUT2D eigenvalue weighted by molar-refractivity contribution is 6.02. The van der Waals surface area contributed by atoms with E-state index in [1.54, 1.807) is 79.7 Å². The van der Waals surface area contributed by atoms with Gasteiger partial charge in [0.05, 0.1) is 33.0 Å². The standard InChI is InChI=1S/C38H42FN7O5/c1-27(40-20-22-50-24-25-51-23-21-41-36(48)30-6-4-3-5-7-30)44-38(46-34-16-18-35(47)19-17-34)45-28(2)43-33-14-10-31(11-15-33)37(49)42-26-29-8-12-32(39)13-9-29/h3-19,43,47H,2,20-26H2,1H3,(H,41,48)(H,42,49)(H2,40,44,45,46). The van der Waals surface area contributed by atoms with Crippen molar-refractivity contribution in [3.8, 4) is 5.75 Å². The molecule has 0 aromatic heterocycles. The zero-order valence-corrected chi connectivity index (χ0v) is 28.3. The van der Waals surface area contributed by atoms with E-state index in [0.717, 1.165) is 5.56 Å². The van der Waals surface area contributed by atoms with E-state index in [0.29, 0.717) is 79.6 Å². The van der Waals surface area contributed by atoms with Crippen LogP contribution in [0.4, 0.5) is 15.8 Å². The van der Waals surface area contributed by atoms with E-state index >= 15 is 0 Å². The number of ether oxygens (including phenoxy) is 2. The summed E-state index contributed by atoms with van der Waals surface area (Å²) in [5.41, 5.74) is 3.20. The zero-order chi connectivity index (χ0) is 36.3. The molecule has 0 unspecified atom stereocenters. The lowest BCUT2D eigenvalue weighted by atomic mass is 10.1. The average molecular weight is 696 g/mol. The number of nitrogens with zero attached hydrogens (tertiary/aromatic N) is 2. The molecule has 0 bridgehead atoms. The highest BCUT2D eigenvalue weighted by Gasteiger charge is 2.08. The molecule has 2 amide bonds. The lowest BCUT2D eigenvalue weighted by Crippen LogP contribution is -2.33. The van der Waals surface area contributed by atoms with Gasteiger partial charge in [0, 0.05) is 35.6 Å². The Morgan fingerprint density at radius 2 is 1.35 bits per heavy atom. The van der Waals surface area contributed by atoms with Gasteiger partial charge in [0.2, 0.25) is 5.96 Å². The fourth-order valence-corrected chi connectivity index (χ4v) is 4.43. The first-order chi connectivity index (χ1) is 24.7. The highest BCUT2D eigenvalue weighted by Crippen LogP contribution is 2.15.